The van der Waals surface area contributed by atoms with E-state index in [0.717, 1.165) is 13.8 Å². The molecule has 0 aromatic rings. The summed E-state index contributed by atoms with van der Waals surface area (Å²) in [6.45, 7) is 1.38. The van der Waals surface area contributed by atoms with Crippen molar-refractivity contribution in [2.45, 2.75) is 44.6 Å². The minimum Gasteiger partial charge on any atom is -0.456 e. The second kappa shape index (κ2) is 6.92. The molecular weight excluding hydrogens is 315 g/mol. The number of aliphatic hydroxyl groups excluding tert-OH is 1. The Kier molecular flexibility index (Phi) is 5.72. The first-order valence-corrected chi connectivity index (χ1v) is 6.04. The van der Waals surface area contributed by atoms with Crippen LogP contribution in [0.5, 0.6) is 0 Å². The largest absolute Gasteiger partial charge is 0.471 e. The van der Waals surface area contributed by atoms with Gasteiger partial charge in [-0.25, -0.2) is 0 Å². The Bertz CT molecular complexity index is 453. The predicted octanol–water partition coefficient (Wildman–Crippen LogP) is -0.755. The first-order chi connectivity index (χ1) is 10.0. The molecule has 1 saturated heterocycles. The Balaban J connectivity index is 2.95. The average molecular weight is 329 g/mol. The molecule has 8 nitrogen and oxygen atoms in total. The van der Waals surface area contributed by atoms with Crippen LogP contribution < -0.4 is 5.32 Å². The molecule has 11 heteroatoms. The van der Waals surface area contributed by atoms with E-state index >= 15 is 0 Å². The van der Waals surface area contributed by atoms with E-state index in [1.807, 2.05) is 0 Å². The molecule has 1 fully saturated rings. The molecule has 0 aliphatic carbocycles. The van der Waals surface area contributed by atoms with Gasteiger partial charge in [0, 0.05) is 13.8 Å². The van der Waals surface area contributed by atoms with Crippen molar-refractivity contribution in [3.63, 3.8) is 0 Å². The van der Waals surface area contributed by atoms with Crippen LogP contribution in [0.2, 0.25) is 0 Å². The standard InChI is InChI=1S/C11H14F3NO7/c1-4(16)21-7-6(15-10(19)11(12,13)14)3-20-9(18)8(7)22-5(2)17/h6-9,18H,3H2,1-2H3,(H,15,19)/t6-,7+,8+,9-/m0/s1. The van der Waals surface area contributed by atoms with Crippen molar-refractivity contribution in [2.75, 3.05) is 6.61 Å². The van der Waals surface area contributed by atoms with Gasteiger partial charge in [-0.1, -0.05) is 0 Å². The predicted molar refractivity (Wildman–Crippen MR) is 61.1 cm³/mol. The number of hydrogen-bond acceptors (Lipinski definition) is 7. The van der Waals surface area contributed by atoms with Crippen molar-refractivity contribution in [1.82, 2.24) is 5.32 Å². The summed E-state index contributed by atoms with van der Waals surface area (Å²) in [6.07, 6.45) is -9.98. The molecule has 0 bridgehead atoms. The molecule has 0 saturated carbocycles. The molecule has 0 aromatic carbocycles. The minimum atomic E-state index is -5.16. The molecule has 4 atom stereocenters. The van der Waals surface area contributed by atoms with Crippen molar-refractivity contribution in [1.29, 1.82) is 0 Å². The third kappa shape index (κ3) is 4.84. The molecule has 0 aromatic heterocycles. The average Bonchev–Trinajstić information content (AvgIpc) is 2.34. The summed E-state index contributed by atoms with van der Waals surface area (Å²) in [6, 6.07) is -1.45. The molecular formula is C11H14F3NO7. The number of carbonyl (C=O) groups is 3. The van der Waals surface area contributed by atoms with E-state index in [9.17, 15) is 32.7 Å². The fraction of sp³-hybridized carbons (Fsp3) is 0.727. The van der Waals surface area contributed by atoms with Crippen LogP contribution in [0, 0.1) is 0 Å². The topological polar surface area (TPSA) is 111 Å². The molecule has 1 aliphatic rings. The second-order valence-corrected chi connectivity index (χ2v) is 4.45. The first-order valence-electron chi connectivity index (χ1n) is 6.04. The first kappa shape index (κ1) is 18.2. The number of hydrogen-bond donors (Lipinski definition) is 2. The fourth-order valence-electron chi connectivity index (χ4n) is 1.81. The maximum atomic E-state index is 12.3. The second-order valence-electron chi connectivity index (χ2n) is 4.45. The van der Waals surface area contributed by atoms with Gasteiger partial charge >= 0.3 is 24.0 Å². The number of amides is 1. The van der Waals surface area contributed by atoms with Gasteiger partial charge in [-0.3, -0.25) is 14.4 Å². The van der Waals surface area contributed by atoms with Gasteiger partial charge < -0.3 is 24.6 Å². The lowest BCUT2D eigenvalue weighted by Gasteiger charge is -2.39. The van der Waals surface area contributed by atoms with Crippen LogP contribution in [0.1, 0.15) is 13.8 Å². The van der Waals surface area contributed by atoms with Gasteiger partial charge in [-0.15, -0.1) is 0 Å². The Morgan fingerprint density at radius 1 is 1.14 bits per heavy atom. The maximum absolute atomic E-state index is 12.3. The Morgan fingerprint density at radius 3 is 2.09 bits per heavy atom. The van der Waals surface area contributed by atoms with Crippen LogP contribution >= 0.6 is 0 Å². The molecule has 0 spiro atoms. The Morgan fingerprint density at radius 2 is 1.64 bits per heavy atom. The third-order valence-corrected chi connectivity index (χ3v) is 2.63. The lowest BCUT2D eigenvalue weighted by molar-refractivity contribution is -0.246. The lowest BCUT2D eigenvalue weighted by Crippen LogP contribution is -2.62. The van der Waals surface area contributed by atoms with Crippen LogP contribution in [0.4, 0.5) is 13.2 Å². The van der Waals surface area contributed by atoms with Gasteiger partial charge in [-0.05, 0) is 0 Å². The summed E-state index contributed by atoms with van der Waals surface area (Å²) in [5.41, 5.74) is 0. The summed E-state index contributed by atoms with van der Waals surface area (Å²) in [5, 5.41) is 11.2. The molecule has 1 amide bonds. The highest BCUT2D eigenvalue weighted by Gasteiger charge is 2.48. The summed E-state index contributed by atoms with van der Waals surface area (Å²) < 4.78 is 51.0. The molecule has 2 N–H and O–H groups in total. The van der Waals surface area contributed by atoms with Gasteiger partial charge in [0.1, 0.15) is 0 Å². The number of rotatable bonds is 3. The zero-order valence-electron chi connectivity index (χ0n) is 11.5. The number of alkyl halides is 3. The van der Waals surface area contributed by atoms with Crippen LogP contribution in [-0.2, 0) is 28.6 Å². The van der Waals surface area contributed by atoms with Gasteiger partial charge in [-0.2, -0.15) is 13.2 Å². The van der Waals surface area contributed by atoms with Gasteiger partial charge in [0.25, 0.3) is 0 Å². The van der Waals surface area contributed by atoms with E-state index in [0.29, 0.717) is 0 Å². The van der Waals surface area contributed by atoms with Crippen LogP contribution in [0.25, 0.3) is 0 Å². The molecule has 126 valence electrons. The van der Waals surface area contributed by atoms with Crippen LogP contribution in [-0.4, -0.2) is 60.3 Å². The van der Waals surface area contributed by atoms with Crippen molar-refractivity contribution < 1.29 is 46.9 Å². The summed E-state index contributed by atoms with van der Waals surface area (Å²) in [5.74, 6) is -4.06. The van der Waals surface area contributed by atoms with Crippen LogP contribution in [0.15, 0.2) is 0 Å². The number of aliphatic hydroxyl groups is 1. The zero-order chi connectivity index (χ0) is 17.1. The number of ether oxygens (including phenoxy) is 3. The molecule has 1 heterocycles. The molecule has 1 rings (SSSR count). The summed E-state index contributed by atoms with van der Waals surface area (Å²) in [4.78, 5) is 33.0. The Hall–Kier alpha value is -1.88. The van der Waals surface area contributed by atoms with Crippen LogP contribution in [0.3, 0.4) is 0 Å². The summed E-state index contributed by atoms with van der Waals surface area (Å²) >= 11 is 0. The fourth-order valence-corrected chi connectivity index (χ4v) is 1.81. The highest BCUT2D eigenvalue weighted by Crippen LogP contribution is 2.22. The normalized spacial score (nSPS) is 28.6. The van der Waals surface area contributed by atoms with E-state index in [1.165, 1.54) is 0 Å². The van der Waals surface area contributed by atoms with Gasteiger partial charge in [0.2, 0.25) is 0 Å². The van der Waals surface area contributed by atoms with Crippen molar-refractivity contribution >= 4 is 17.8 Å². The van der Waals surface area contributed by atoms with E-state index < -0.39 is 55.2 Å². The molecule has 1 aliphatic heterocycles. The quantitative estimate of drug-likeness (QED) is 0.655. The molecule has 0 unspecified atom stereocenters. The maximum Gasteiger partial charge on any atom is 0.471 e. The molecule has 22 heavy (non-hydrogen) atoms. The SMILES string of the molecule is CC(=O)O[C@@H]1[C@H](OC(C)=O)[C@@H](NC(=O)C(F)(F)F)CO[C@@H]1O. The lowest BCUT2D eigenvalue weighted by atomic mass is 10.0. The Labute approximate surface area is 122 Å². The van der Waals surface area contributed by atoms with E-state index in [1.54, 1.807) is 5.32 Å². The number of esters is 2. The minimum absolute atomic E-state index is 0.571. The van der Waals surface area contributed by atoms with Gasteiger partial charge in [0.15, 0.2) is 18.5 Å². The smallest absolute Gasteiger partial charge is 0.456 e. The third-order valence-electron chi connectivity index (χ3n) is 2.63. The highest BCUT2D eigenvalue weighted by molar-refractivity contribution is 5.82. The molecule has 0 radical (unpaired) electrons. The zero-order valence-corrected chi connectivity index (χ0v) is 11.5. The van der Waals surface area contributed by atoms with E-state index in [-0.39, 0.29) is 0 Å². The number of carbonyl (C=O) groups excluding carboxylic acids is 3. The summed E-state index contributed by atoms with van der Waals surface area (Å²) in [7, 11) is 0. The van der Waals surface area contributed by atoms with Gasteiger partial charge in [0.05, 0.1) is 12.6 Å². The monoisotopic (exact) mass is 329 g/mol. The number of nitrogens with one attached hydrogen (secondary N) is 1. The van der Waals surface area contributed by atoms with Crippen molar-refractivity contribution in [3.8, 4) is 0 Å². The van der Waals surface area contributed by atoms with Crippen molar-refractivity contribution in [3.05, 3.63) is 0 Å². The number of halogens is 3. The van der Waals surface area contributed by atoms with Crippen molar-refractivity contribution in [2.24, 2.45) is 0 Å². The van der Waals surface area contributed by atoms with E-state index in [4.69, 9.17) is 14.2 Å². The highest BCUT2D eigenvalue weighted by atomic mass is 19.4. The van der Waals surface area contributed by atoms with E-state index in [2.05, 4.69) is 0 Å².